The number of hydrogen-bond acceptors (Lipinski definition) is 0. The second-order valence-corrected chi connectivity index (χ2v) is 6.76. The van der Waals surface area contributed by atoms with E-state index >= 15 is 0 Å². The molecule has 0 aromatic rings. The number of alkyl halides is 6. The van der Waals surface area contributed by atoms with Crippen LogP contribution >= 0.6 is 80.6 Å². The van der Waals surface area contributed by atoms with E-state index in [2.05, 4.69) is 6.92 Å². The van der Waals surface area contributed by atoms with E-state index < -0.39 is 8.13 Å². The lowest BCUT2D eigenvalue weighted by molar-refractivity contribution is 0.843. The van der Waals surface area contributed by atoms with Crippen molar-refractivity contribution in [2.45, 2.75) is 12.1 Å². The molecule has 1 unspecified atom stereocenters. The Balaban J connectivity index is 4.40. The molecule has 1 radical (unpaired) electrons. The van der Waals surface area contributed by atoms with Crippen LogP contribution in [0.3, 0.4) is 0 Å². The highest BCUT2D eigenvalue weighted by Crippen LogP contribution is 2.49. The van der Waals surface area contributed by atoms with Gasteiger partial charge in [-0.25, -0.2) is 0 Å². The van der Waals surface area contributed by atoms with Crippen LogP contribution in [0.15, 0.2) is 0 Å². The van der Waals surface area contributed by atoms with Crippen LogP contribution in [0, 0.1) is 6.92 Å². The van der Waals surface area contributed by atoms with Crippen molar-refractivity contribution < 1.29 is 0 Å². The number of rotatable bonds is 1. The van der Waals surface area contributed by atoms with Gasteiger partial charge in [-0.3, -0.25) is 0 Å². The van der Waals surface area contributed by atoms with Crippen molar-refractivity contribution in [3.8, 4) is 0 Å². The SMILES string of the molecule is [CH2]C(I)C(Cl)(Cl)C(Cl)(Cl)Cl. The zero-order valence-corrected chi connectivity index (χ0v) is 10.5. The van der Waals surface area contributed by atoms with Gasteiger partial charge in [0.15, 0.2) is 4.33 Å². The lowest BCUT2D eigenvalue weighted by Gasteiger charge is -2.29. The molecule has 0 N–H and O–H groups in total. The van der Waals surface area contributed by atoms with Crippen molar-refractivity contribution >= 4 is 80.6 Å². The molecule has 0 fully saturated rings. The van der Waals surface area contributed by atoms with E-state index in [0.29, 0.717) is 0 Å². The summed E-state index contributed by atoms with van der Waals surface area (Å²) in [7, 11) is 0. The molecular formula is C4H3Cl5I. The standard InChI is InChI=1S/C4H3Cl5I/c1-2(10)3(5,6)4(7,8)9/h2H,1H2. The summed E-state index contributed by atoms with van der Waals surface area (Å²) in [4.78, 5) is 0. The van der Waals surface area contributed by atoms with Crippen LogP contribution in [-0.4, -0.2) is 12.1 Å². The molecule has 0 aliphatic heterocycles. The quantitative estimate of drug-likeness (QED) is 0.489. The van der Waals surface area contributed by atoms with Gasteiger partial charge >= 0.3 is 0 Å². The van der Waals surface area contributed by atoms with Gasteiger partial charge in [-0.15, -0.1) is 0 Å². The van der Waals surface area contributed by atoms with E-state index in [9.17, 15) is 0 Å². The monoisotopic (exact) mass is 353 g/mol. The number of halogens is 6. The molecular weight excluding hydrogens is 352 g/mol. The Labute approximate surface area is 98.6 Å². The average molecular weight is 355 g/mol. The van der Waals surface area contributed by atoms with Gasteiger partial charge < -0.3 is 0 Å². The molecule has 0 rings (SSSR count). The predicted octanol–water partition coefficient (Wildman–Crippen LogP) is 4.17. The molecule has 0 heterocycles. The molecule has 0 nitrogen and oxygen atoms in total. The Morgan fingerprint density at radius 3 is 1.40 bits per heavy atom. The third-order valence-corrected chi connectivity index (χ3v) is 5.01. The molecule has 0 spiro atoms. The van der Waals surface area contributed by atoms with Crippen LogP contribution in [0.25, 0.3) is 0 Å². The van der Waals surface area contributed by atoms with Gasteiger partial charge in [0.05, 0.1) is 0 Å². The van der Waals surface area contributed by atoms with Crippen molar-refractivity contribution in [3.63, 3.8) is 0 Å². The fourth-order valence-corrected chi connectivity index (χ4v) is 1.59. The zero-order valence-electron chi connectivity index (χ0n) is 4.55. The maximum atomic E-state index is 5.65. The summed E-state index contributed by atoms with van der Waals surface area (Å²) < 4.78 is -3.54. The average Bonchev–Trinajstić information content (AvgIpc) is 1.62. The van der Waals surface area contributed by atoms with Gasteiger partial charge in [0.25, 0.3) is 0 Å². The molecule has 1 atom stereocenters. The van der Waals surface area contributed by atoms with Gasteiger partial charge in [0.2, 0.25) is 3.79 Å². The molecule has 0 aliphatic carbocycles. The lowest BCUT2D eigenvalue weighted by Crippen LogP contribution is -2.38. The minimum Gasteiger partial charge on any atom is -0.0957 e. The molecule has 0 aliphatic rings. The van der Waals surface area contributed by atoms with Crippen molar-refractivity contribution in [2.24, 2.45) is 0 Å². The topological polar surface area (TPSA) is 0 Å². The van der Waals surface area contributed by atoms with E-state index in [1.54, 1.807) is 0 Å². The van der Waals surface area contributed by atoms with Crippen LogP contribution in [0.2, 0.25) is 0 Å². The second kappa shape index (κ2) is 3.93. The highest BCUT2D eigenvalue weighted by atomic mass is 127. The van der Waals surface area contributed by atoms with Crippen molar-refractivity contribution in [3.05, 3.63) is 6.92 Å². The van der Waals surface area contributed by atoms with Gasteiger partial charge in [0, 0.05) is 3.92 Å². The predicted molar refractivity (Wildman–Crippen MR) is 57.9 cm³/mol. The first-order chi connectivity index (χ1) is 4.19. The fraction of sp³-hybridized carbons (Fsp3) is 0.750. The summed E-state index contributed by atoms with van der Waals surface area (Å²) in [6.45, 7) is 3.55. The summed E-state index contributed by atoms with van der Waals surface area (Å²) in [5, 5.41) is 0. The molecule has 0 aromatic carbocycles. The van der Waals surface area contributed by atoms with Gasteiger partial charge in [0.1, 0.15) is 0 Å². The minimum atomic E-state index is -1.70. The molecule has 0 saturated carbocycles. The summed E-state index contributed by atoms with van der Waals surface area (Å²) in [6.07, 6.45) is 0. The molecule has 0 amide bonds. The Morgan fingerprint density at radius 2 is 1.40 bits per heavy atom. The molecule has 0 bridgehead atoms. The fourth-order valence-electron chi connectivity index (χ4n) is 0.178. The first-order valence-electron chi connectivity index (χ1n) is 2.11. The van der Waals surface area contributed by atoms with Crippen LogP contribution < -0.4 is 0 Å². The normalized spacial score (nSPS) is 17.1. The van der Waals surface area contributed by atoms with Crippen molar-refractivity contribution in [2.75, 3.05) is 0 Å². The third-order valence-electron chi connectivity index (χ3n) is 0.771. The van der Waals surface area contributed by atoms with E-state index in [1.807, 2.05) is 22.6 Å². The Hall–Kier alpha value is 2.18. The van der Waals surface area contributed by atoms with E-state index in [-0.39, 0.29) is 3.92 Å². The highest BCUT2D eigenvalue weighted by molar-refractivity contribution is 14.1. The maximum Gasteiger partial charge on any atom is 0.224 e. The Kier molecular flexibility index (Phi) is 4.78. The van der Waals surface area contributed by atoms with Crippen LogP contribution in [0.1, 0.15) is 0 Å². The van der Waals surface area contributed by atoms with E-state index in [1.165, 1.54) is 0 Å². The second-order valence-electron chi connectivity index (χ2n) is 1.59. The van der Waals surface area contributed by atoms with Gasteiger partial charge in [-0.1, -0.05) is 80.6 Å². The van der Waals surface area contributed by atoms with Crippen molar-refractivity contribution in [1.82, 2.24) is 0 Å². The van der Waals surface area contributed by atoms with Crippen LogP contribution in [0.4, 0.5) is 0 Å². The van der Waals surface area contributed by atoms with E-state index in [4.69, 9.17) is 58.0 Å². The highest BCUT2D eigenvalue weighted by Gasteiger charge is 2.49. The summed E-state index contributed by atoms with van der Waals surface area (Å²) in [5.41, 5.74) is 0. The molecule has 6 heteroatoms. The molecule has 61 valence electrons. The van der Waals surface area contributed by atoms with Gasteiger partial charge in [-0.05, 0) is 6.92 Å². The summed E-state index contributed by atoms with van der Waals surface area (Å²) >= 11 is 29.5. The first kappa shape index (κ1) is 12.2. The third kappa shape index (κ3) is 2.91. The summed E-state index contributed by atoms with van der Waals surface area (Å²) in [5.74, 6) is 0. The van der Waals surface area contributed by atoms with Gasteiger partial charge in [-0.2, -0.15) is 0 Å². The first-order valence-corrected chi connectivity index (χ1v) is 5.25. The van der Waals surface area contributed by atoms with E-state index in [0.717, 1.165) is 0 Å². The van der Waals surface area contributed by atoms with Crippen molar-refractivity contribution in [1.29, 1.82) is 0 Å². The summed E-state index contributed by atoms with van der Waals surface area (Å²) in [6, 6.07) is 0. The zero-order chi connectivity index (χ0) is 8.58. The molecule has 0 aromatic heterocycles. The van der Waals surface area contributed by atoms with Crippen LogP contribution in [-0.2, 0) is 0 Å². The van der Waals surface area contributed by atoms with Crippen LogP contribution in [0.5, 0.6) is 0 Å². The molecule has 10 heavy (non-hydrogen) atoms. The Morgan fingerprint density at radius 1 is 1.10 bits per heavy atom. The maximum absolute atomic E-state index is 5.65. The smallest absolute Gasteiger partial charge is 0.0957 e. The Bertz CT molecular complexity index is 115. The number of hydrogen-bond donors (Lipinski definition) is 0. The largest absolute Gasteiger partial charge is 0.224 e. The molecule has 0 saturated heterocycles. The minimum absolute atomic E-state index is 0.388. The lowest BCUT2D eigenvalue weighted by atomic mass is 10.3.